The van der Waals surface area contributed by atoms with E-state index in [0.717, 1.165) is 12.8 Å². The second-order valence-corrected chi connectivity index (χ2v) is 8.54. The lowest BCUT2D eigenvalue weighted by atomic mass is 9.84. The number of sulfonamides is 1. The van der Waals surface area contributed by atoms with Crippen LogP contribution in [0.15, 0.2) is 17.2 Å². The summed E-state index contributed by atoms with van der Waals surface area (Å²) in [5, 5.41) is 5.23. The van der Waals surface area contributed by atoms with Gasteiger partial charge < -0.3 is 14.0 Å². The van der Waals surface area contributed by atoms with Gasteiger partial charge in [0.25, 0.3) is 0 Å². The number of primary sulfonamides is 1. The summed E-state index contributed by atoms with van der Waals surface area (Å²) in [6.07, 6.45) is 3.04. The molecule has 2 aliphatic rings. The zero-order chi connectivity index (χ0) is 17.0. The lowest BCUT2D eigenvalue weighted by Gasteiger charge is -2.32. The SMILES string of the molecule is CC1(C)OB(c2cc(OC3CC3)c(S(N)(=O)=O)cn2)OC1(C)C. The summed E-state index contributed by atoms with van der Waals surface area (Å²) in [4.78, 5) is 4.04. The van der Waals surface area contributed by atoms with Gasteiger partial charge in [0.15, 0.2) is 0 Å². The van der Waals surface area contributed by atoms with Crippen LogP contribution in [0.1, 0.15) is 40.5 Å². The molecule has 2 N–H and O–H groups in total. The molecular weight excluding hydrogens is 319 g/mol. The molecule has 1 saturated heterocycles. The van der Waals surface area contributed by atoms with E-state index in [1.165, 1.54) is 6.20 Å². The van der Waals surface area contributed by atoms with Crippen molar-refractivity contribution in [3.05, 3.63) is 12.3 Å². The first-order valence-corrected chi connectivity index (χ1v) is 9.09. The van der Waals surface area contributed by atoms with Crippen LogP contribution in [0.5, 0.6) is 5.75 Å². The van der Waals surface area contributed by atoms with Crippen molar-refractivity contribution < 1.29 is 22.5 Å². The van der Waals surface area contributed by atoms with Crippen LogP contribution in [0.2, 0.25) is 0 Å². The summed E-state index contributed by atoms with van der Waals surface area (Å²) in [6.45, 7) is 7.75. The van der Waals surface area contributed by atoms with E-state index < -0.39 is 28.3 Å². The number of aromatic nitrogens is 1. The molecule has 126 valence electrons. The maximum absolute atomic E-state index is 11.7. The molecule has 0 spiro atoms. The van der Waals surface area contributed by atoms with Crippen molar-refractivity contribution in [2.75, 3.05) is 0 Å². The van der Waals surface area contributed by atoms with E-state index in [9.17, 15) is 8.42 Å². The highest BCUT2D eigenvalue weighted by molar-refractivity contribution is 7.89. The Morgan fingerprint density at radius 2 is 1.83 bits per heavy atom. The van der Waals surface area contributed by atoms with Crippen LogP contribution >= 0.6 is 0 Å². The van der Waals surface area contributed by atoms with Gasteiger partial charge in [0.05, 0.1) is 29.1 Å². The minimum Gasteiger partial charge on any atom is -0.489 e. The maximum Gasteiger partial charge on any atom is 0.514 e. The molecule has 23 heavy (non-hydrogen) atoms. The number of hydrogen-bond acceptors (Lipinski definition) is 6. The molecule has 1 aliphatic heterocycles. The first-order chi connectivity index (χ1) is 10.5. The fraction of sp³-hybridized carbons (Fsp3) is 0.643. The standard InChI is InChI=1S/C14H21BN2O5S/c1-13(2)14(3,4)22-15(21-13)12-7-10(20-9-5-6-9)11(8-17-12)23(16,18)19/h7-9H,5-6H2,1-4H3,(H2,16,18,19). The molecule has 0 radical (unpaired) electrons. The second-order valence-electron chi connectivity index (χ2n) is 7.01. The van der Waals surface area contributed by atoms with Crippen LogP contribution in [0.4, 0.5) is 0 Å². The van der Waals surface area contributed by atoms with Crippen LogP contribution in [0, 0.1) is 0 Å². The van der Waals surface area contributed by atoms with Crippen LogP contribution in [-0.2, 0) is 19.3 Å². The molecule has 0 bridgehead atoms. The Kier molecular flexibility index (Phi) is 3.75. The van der Waals surface area contributed by atoms with E-state index in [-0.39, 0.29) is 16.7 Å². The van der Waals surface area contributed by atoms with E-state index in [1.54, 1.807) is 6.07 Å². The van der Waals surface area contributed by atoms with Gasteiger partial charge in [-0.25, -0.2) is 13.6 Å². The van der Waals surface area contributed by atoms with Gasteiger partial charge in [0.2, 0.25) is 10.0 Å². The molecule has 9 heteroatoms. The largest absolute Gasteiger partial charge is 0.514 e. The average molecular weight is 340 g/mol. The second kappa shape index (κ2) is 5.17. The molecule has 1 aromatic heterocycles. The Morgan fingerprint density at radius 3 is 2.30 bits per heavy atom. The van der Waals surface area contributed by atoms with Gasteiger partial charge in [-0.15, -0.1) is 0 Å². The molecule has 1 saturated carbocycles. The van der Waals surface area contributed by atoms with E-state index in [2.05, 4.69) is 4.98 Å². The zero-order valence-electron chi connectivity index (χ0n) is 13.7. The quantitative estimate of drug-likeness (QED) is 0.804. The Hall–Kier alpha value is -1.16. The van der Waals surface area contributed by atoms with Crippen molar-refractivity contribution in [1.82, 2.24) is 4.98 Å². The third-order valence-electron chi connectivity index (χ3n) is 4.47. The van der Waals surface area contributed by atoms with Crippen molar-refractivity contribution in [3.8, 4) is 5.75 Å². The molecule has 7 nitrogen and oxygen atoms in total. The molecule has 3 rings (SSSR count). The highest BCUT2D eigenvalue weighted by Crippen LogP contribution is 2.37. The van der Waals surface area contributed by atoms with Gasteiger partial charge in [-0.1, -0.05) is 0 Å². The highest BCUT2D eigenvalue weighted by Gasteiger charge is 2.52. The van der Waals surface area contributed by atoms with Gasteiger partial charge in [0, 0.05) is 0 Å². The molecule has 2 fully saturated rings. The van der Waals surface area contributed by atoms with Gasteiger partial charge in [0.1, 0.15) is 10.6 Å². The third-order valence-corrected chi connectivity index (χ3v) is 5.39. The van der Waals surface area contributed by atoms with E-state index in [4.69, 9.17) is 19.2 Å². The van der Waals surface area contributed by atoms with Crippen LogP contribution in [0.25, 0.3) is 0 Å². The first kappa shape index (κ1) is 16.7. The van der Waals surface area contributed by atoms with Crippen molar-refractivity contribution in [3.63, 3.8) is 0 Å². The van der Waals surface area contributed by atoms with E-state index in [1.807, 2.05) is 27.7 Å². The predicted molar refractivity (Wildman–Crippen MR) is 85.0 cm³/mol. The topological polar surface area (TPSA) is 101 Å². The molecule has 1 aromatic rings. The number of nitrogens with zero attached hydrogens (tertiary/aromatic N) is 1. The molecule has 1 aliphatic carbocycles. The number of pyridine rings is 1. The first-order valence-electron chi connectivity index (χ1n) is 7.55. The van der Waals surface area contributed by atoms with Gasteiger partial charge in [-0.05, 0) is 46.6 Å². The third kappa shape index (κ3) is 3.23. The molecule has 0 aromatic carbocycles. The van der Waals surface area contributed by atoms with Crippen molar-refractivity contribution in [1.29, 1.82) is 0 Å². The number of ether oxygens (including phenoxy) is 1. The number of nitrogens with two attached hydrogens (primary N) is 1. The lowest BCUT2D eigenvalue weighted by Crippen LogP contribution is -2.41. The van der Waals surface area contributed by atoms with Gasteiger partial charge in [-0.2, -0.15) is 0 Å². The minimum atomic E-state index is -3.91. The fourth-order valence-corrected chi connectivity index (χ4v) is 2.79. The highest BCUT2D eigenvalue weighted by atomic mass is 32.2. The lowest BCUT2D eigenvalue weighted by molar-refractivity contribution is 0.00578. The predicted octanol–water partition coefficient (Wildman–Crippen LogP) is 0.569. The van der Waals surface area contributed by atoms with E-state index in [0.29, 0.717) is 5.59 Å². The van der Waals surface area contributed by atoms with Crippen molar-refractivity contribution in [2.24, 2.45) is 5.14 Å². The Labute approximate surface area is 136 Å². The summed E-state index contributed by atoms with van der Waals surface area (Å²) in [5.74, 6) is 0.203. The average Bonchev–Trinajstić information content (AvgIpc) is 3.15. The normalized spacial score (nSPS) is 23.1. The summed E-state index contributed by atoms with van der Waals surface area (Å²) in [5.41, 5.74) is -0.544. The Balaban J connectivity index is 1.95. The number of rotatable bonds is 4. The van der Waals surface area contributed by atoms with Crippen LogP contribution in [-0.4, -0.2) is 37.8 Å². The van der Waals surface area contributed by atoms with E-state index >= 15 is 0 Å². The van der Waals surface area contributed by atoms with Gasteiger partial charge in [-0.3, -0.25) is 4.98 Å². The summed E-state index contributed by atoms with van der Waals surface area (Å²) in [6, 6.07) is 1.54. The number of hydrogen-bond donors (Lipinski definition) is 1. The minimum absolute atomic E-state index is 0.0315. The Bertz CT molecular complexity index is 715. The summed E-state index contributed by atoms with van der Waals surface area (Å²) in [7, 11) is -4.59. The summed E-state index contributed by atoms with van der Waals surface area (Å²) < 4.78 is 40.9. The summed E-state index contributed by atoms with van der Waals surface area (Å²) >= 11 is 0. The smallest absolute Gasteiger partial charge is 0.489 e. The van der Waals surface area contributed by atoms with Crippen molar-refractivity contribution >= 4 is 22.7 Å². The Morgan fingerprint density at radius 1 is 1.26 bits per heavy atom. The fourth-order valence-electron chi connectivity index (χ4n) is 2.20. The molecule has 2 heterocycles. The maximum atomic E-state index is 11.7. The molecular formula is C14H21BN2O5S. The van der Waals surface area contributed by atoms with Crippen LogP contribution < -0.4 is 15.5 Å². The van der Waals surface area contributed by atoms with Crippen LogP contribution in [0.3, 0.4) is 0 Å². The van der Waals surface area contributed by atoms with Crippen molar-refractivity contribution in [2.45, 2.75) is 62.7 Å². The molecule has 0 amide bonds. The molecule has 0 atom stereocenters. The van der Waals surface area contributed by atoms with Gasteiger partial charge >= 0.3 is 7.12 Å². The zero-order valence-corrected chi connectivity index (χ0v) is 14.5. The molecule has 0 unspecified atom stereocenters. The monoisotopic (exact) mass is 340 g/mol.